The average molecular weight is 383 g/mol. The fourth-order valence-corrected chi connectivity index (χ4v) is 2.93. The van der Waals surface area contributed by atoms with Gasteiger partial charge in [-0.2, -0.15) is 0 Å². The summed E-state index contributed by atoms with van der Waals surface area (Å²) in [5.74, 6) is 0.230. The monoisotopic (exact) mass is 383 g/mol. The van der Waals surface area contributed by atoms with Gasteiger partial charge in [0.15, 0.2) is 18.1 Å². The zero-order valence-electron chi connectivity index (χ0n) is 16.4. The first-order valence-corrected chi connectivity index (χ1v) is 9.26. The number of rotatable bonds is 8. The van der Waals surface area contributed by atoms with Crippen molar-refractivity contribution in [1.29, 1.82) is 0 Å². The number of carbonyl (C=O) groups excluding carboxylic acids is 2. The molecule has 2 aromatic carbocycles. The molecule has 1 fully saturated rings. The number of ether oxygens (including phenoxy) is 3. The van der Waals surface area contributed by atoms with E-state index in [4.69, 9.17) is 9.47 Å². The van der Waals surface area contributed by atoms with Gasteiger partial charge in [0.05, 0.1) is 14.2 Å². The molecule has 0 spiro atoms. The first kappa shape index (κ1) is 19.7. The molecule has 0 N–H and O–H groups in total. The highest BCUT2D eigenvalue weighted by molar-refractivity contribution is 5.95. The largest absolute Gasteiger partial charge is 0.493 e. The molecule has 0 heterocycles. The van der Waals surface area contributed by atoms with Crippen LogP contribution >= 0.6 is 0 Å². The smallest absolute Gasteiger partial charge is 0.343 e. The molecule has 148 valence electrons. The van der Waals surface area contributed by atoms with E-state index in [-0.39, 0.29) is 18.6 Å². The van der Waals surface area contributed by atoms with E-state index in [0.717, 1.165) is 18.4 Å². The van der Waals surface area contributed by atoms with E-state index in [0.29, 0.717) is 23.6 Å². The fraction of sp³-hybridized carbons (Fsp3) is 0.364. The van der Waals surface area contributed by atoms with Crippen LogP contribution in [-0.4, -0.2) is 43.6 Å². The molecule has 0 bridgehead atoms. The van der Waals surface area contributed by atoms with Gasteiger partial charge in [-0.25, -0.2) is 4.79 Å². The molecule has 0 aromatic heterocycles. The third-order valence-electron chi connectivity index (χ3n) is 4.71. The predicted octanol–water partition coefficient (Wildman–Crippen LogP) is 3.36. The molecule has 0 saturated heterocycles. The Balaban J connectivity index is 1.80. The van der Waals surface area contributed by atoms with E-state index in [9.17, 15) is 9.59 Å². The molecule has 0 radical (unpaired) electrons. The van der Waals surface area contributed by atoms with Crippen molar-refractivity contribution >= 4 is 11.9 Å². The van der Waals surface area contributed by atoms with Crippen LogP contribution in [0, 0.1) is 6.92 Å². The maximum Gasteiger partial charge on any atom is 0.343 e. The Labute approximate surface area is 165 Å². The highest BCUT2D eigenvalue weighted by atomic mass is 16.6. The molecule has 28 heavy (non-hydrogen) atoms. The highest BCUT2D eigenvalue weighted by Crippen LogP contribution is 2.33. The van der Waals surface area contributed by atoms with Crippen LogP contribution in [0.4, 0.5) is 0 Å². The zero-order chi connectivity index (χ0) is 20.1. The summed E-state index contributed by atoms with van der Waals surface area (Å²) in [6, 6.07) is 13.5. The van der Waals surface area contributed by atoms with Gasteiger partial charge in [0.25, 0.3) is 5.91 Å². The lowest BCUT2D eigenvalue weighted by Gasteiger charge is -2.23. The Morgan fingerprint density at radius 2 is 1.75 bits per heavy atom. The fourth-order valence-electron chi connectivity index (χ4n) is 2.93. The maximum absolute atomic E-state index is 13.2. The molecule has 2 aromatic rings. The van der Waals surface area contributed by atoms with Gasteiger partial charge in [0.1, 0.15) is 0 Å². The summed E-state index contributed by atoms with van der Waals surface area (Å²) in [7, 11) is 2.80. The number of methoxy groups -OCH3 is 2. The first-order valence-electron chi connectivity index (χ1n) is 9.26. The van der Waals surface area contributed by atoms with Crippen LogP contribution in [0.2, 0.25) is 0 Å². The summed E-state index contributed by atoms with van der Waals surface area (Å²) in [6.07, 6.45) is 2.03. The van der Waals surface area contributed by atoms with E-state index >= 15 is 0 Å². The summed E-state index contributed by atoms with van der Waals surface area (Å²) in [5.41, 5.74) is 2.79. The van der Waals surface area contributed by atoms with Gasteiger partial charge < -0.3 is 19.1 Å². The van der Waals surface area contributed by atoms with Crippen LogP contribution in [-0.2, 0) is 16.1 Å². The predicted molar refractivity (Wildman–Crippen MR) is 105 cm³/mol. The highest BCUT2D eigenvalue weighted by Gasteiger charge is 2.33. The molecule has 1 saturated carbocycles. The van der Waals surface area contributed by atoms with Crippen molar-refractivity contribution in [3.8, 4) is 11.5 Å². The van der Waals surface area contributed by atoms with E-state index in [1.807, 2.05) is 11.8 Å². The number of aryl methyl sites for hydroxylation is 1. The molecular formula is C22H25NO5. The maximum atomic E-state index is 13.2. The number of hydrogen-bond acceptors (Lipinski definition) is 5. The van der Waals surface area contributed by atoms with Gasteiger partial charge in [-0.3, -0.25) is 4.79 Å². The van der Waals surface area contributed by atoms with Crippen molar-refractivity contribution in [1.82, 2.24) is 4.90 Å². The van der Waals surface area contributed by atoms with Gasteiger partial charge in [-0.15, -0.1) is 0 Å². The minimum atomic E-state index is -0.502. The molecule has 0 aliphatic heterocycles. The van der Waals surface area contributed by atoms with Crippen LogP contribution in [0.15, 0.2) is 42.5 Å². The van der Waals surface area contributed by atoms with E-state index in [2.05, 4.69) is 29.0 Å². The lowest BCUT2D eigenvalue weighted by Crippen LogP contribution is -2.32. The molecule has 1 aliphatic rings. The van der Waals surface area contributed by atoms with Crippen LogP contribution in [0.25, 0.3) is 0 Å². The standard InChI is InChI=1S/C22H25NO5/c1-15-4-6-16(7-5-15)13-23(18-9-10-18)22(25)17-8-11-19(26-2)20(12-17)28-14-21(24)27-3/h4-8,11-12,18H,9-10,13-14H2,1-3H3. The van der Waals surface area contributed by atoms with Crippen molar-refractivity contribution < 1.29 is 23.8 Å². The number of carbonyl (C=O) groups is 2. The second-order valence-corrected chi connectivity index (χ2v) is 6.88. The Morgan fingerprint density at radius 3 is 2.36 bits per heavy atom. The second kappa shape index (κ2) is 8.78. The Kier molecular flexibility index (Phi) is 6.19. The number of amides is 1. The molecule has 1 aliphatic carbocycles. The number of nitrogens with zero attached hydrogens (tertiary/aromatic N) is 1. The molecule has 0 atom stereocenters. The molecule has 6 nitrogen and oxygen atoms in total. The van der Waals surface area contributed by atoms with Crippen molar-refractivity contribution in [2.75, 3.05) is 20.8 Å². The summed E-state index contributed by atoms with van der Waals surface area (Å²) in [4.78, 5) is 26.5. The lowest BCUT2D eigenvalue weighted by molar-refractivity contribution is -0.142. The summed E-state index contributed by atoms with van der Waals surface area (Å²) in [6.45, 7) is 2.36. The second-order valence-electron chi connectivity index (χ2n) is 6.88. The van der Waals surface area contributed by atoms with Crippen LogP contribution < -0.4 is 9.47 Å². The van der Waals surface area contributed by atoms with Crippen molar-refractivity contribution in [3.05, 3.63) is 59.2 Å². The number of esters is 1. The normalized spacial score (nSPS) is 13.0. The first-order chi connectivity index (χ1) is 13.5. The van der Waals surface area contributed by atoms with Gasteiger partial charge in [0, 0.05) is 18.2 Å². The summed E-state index contributed by atoms with van der Waals surface area (Å²) >= 11 is 0. The van der Waals surface area contributed by atoms with Gasteiger partial charge in [0.2, 0.25) is 0 Å². The Morgan fingerprint density at radius 1 is 1.04 bits per heavy atom. The quantitative estimate of drug-likeness (QED) is 0.654. The molecular weight excluding hydrogens is 358 g/mol. The van der Waals surface area contributed by atoms with Gasteiger partial charge in [-0.05, 0) is 43.5 Å². The molecule has 1 amide bonds. The van der Waals surface area contributed by atoms with Gasteiger partial charge in [-0.1, -0.05) is 29.8 Å². The van der Waals surface area contributed by atoms with E-state index in [1.165, 1.54) is 19.8 Å². The summed E-state index contributed by atoms with van der Waals surface area (Å²) in [5, 5.41) is 0. The molecule has 0 unspecified atom stereocenters. The van der Waals surface area contributed by atoms with Crippen LogP contribution in [0.5, 0.6) is 11.5 Å². The molecule has 6 heteroatoms. The minimum absolute atomic E-state index is 0.0614. The third kappa shape index (κ3) is 4.82. The van der Waals surface area contributed by atoms with Crippen molar-refractivity contribution in [2.24, 2.45) is 0 Å². The minimum Gasteiger partial charge on any atom is -0.493 e. The SMILES string of the molecule is COC(=O)COc1cc(C(=O)N(Cc2ccc(C)cc2)C2CC2)ccc1OC. The van der Waals surface area contributed by atoms with Crippen LogP contribution in [0.1, 0.15) is 34.3 Å². The Bertz CT molecular complexity index is 843. The number of hydrogen-bond donors (Lipinski definition) is 0. The average Bonchev–Trinajstić information content (AvgIpc) is 3.56. The topological polar surface area (TPSA) is 65.1 Å². The van der Waals surface area contributed by atoms with E-state index < -0.39 is 5.97 Å². The zero-order valence-corrected chi connectivity index (χ0v) is 16.4. The third-order valence-corrected chi connectivity index (χ3v) is 4.71. The van der Waals surface area contributed by atoms with Crippen LogP contribution in [0.3, 0.4) is 0 Å². The Hall–Kier alpha value is -3.02. The van der Waals surface area contributed by atoms with Gasteiger partial charge >= 0.3 is 5.97 Å². The van der Waals surface area contributed by atoms with E-state index in [1.54, 1.807) is 18.2 Å². The lowest BCUT2D eigenvalue weighted by atomic mass is 10.1. The van der Waals surface area contributed by atoms with Crippen molar-refractivity contribution in [3.63, 3.8) is 0 Å². The molecule has 3 rings (SSSR count). The van der Waals surface area contributed by atoms with Crippen molar-refractivity contribution in [2.45, 2.75) is 32.4 Å². The number of benzene rings is 2. The summed E-state index contributed by atoms with van der Waals surface area (Å²) < 4.78 is 15.4.